The van der Waals surface area contributed by atoms with Gasteiger partial charge in [-0.05, 0) is 32.8 Å². The van der Waals surface area contributed by atoms with Crippen LogP contribution in [0.25, 0.3) is 0 Å². The van der Waals surface area contributed by atoms with Gasteiger partial charge in [0.25, 0.3) is 0 Å². The van der Waals surface area contributed by atoms with E-state index >= 15 is 0 Å². The van der Waals surface area contributed by atoms with Crippen molar-refractivity contribution in [2.24, 2.45) is 0 Å². The first kappa shape index (κ1) is 15.3. The number of carbonyl (C=O) groups excluding carboxylic acids is 1. The summed E-state index contributed by atoms with van der Waals surface area (Å²) in [5.74, 6) is -0.786. The molecule has 1 saturated heterocycles. The highest BCUT2D eigenvalue weighted by Crippen LogP contribution is 2.41. The van der Waals surface area contributed by atoms with Crippen molar-refractivity contribution in [3.8, 4) is 0 Å². The number of ether oxygens (including phenoxy) is 3. The van der Waals surface area contributed by atoms with Crippen LogP contribution in [0.4, 0.5) is 0 Å². The van der Waals surface area contributed by atoms with Crippen molar-refractivity contribution in [3.63, 3.8) is 0 Å². The summed E-state index contributed by atoms with van der Waals surface area (Å²) in [5, 5.41) is 0. The van der Waals surface area contributed by atoms with E-state index in [-0.39, 0.29) is 18.2 Å². The number of esters is 1. The van der Waals surface area contributed by atoms with Crippen LogP contribution in [0.5, 0.6) is 0 Å². The molecule has 1 aliphatic heterocycles. The fourth-order valence-corrected chi connectivity index (χ4v) is 2.84. The van der Waals surface area contributed by atoms with Gasteiger partial charge >= 0.3 is 5.97 Å². The molecule has 4 nitrogen and oxygen atoms in total. The molecule has 0 aromatic rings. The van der Waals surface area contributed by atoms with Gasteiger partial charge in [-0.1, -0.05) is 18.6 Å². The van der Waals surface area contributed by atoms with Gasteiger partial charge in [0.1, 0.15) is 12.2 Å². The SMILES string of the molecule is C/C=C/[C@@H]1OC2(CCCCC2)O[C@H]1/C=C/C(=O)OCC. The Morgan fingerprint density at radius 3 is 2.45 bits per heavy atom. The van der Waals surface area contributed by atoms with Crippen molar-refractivity contribution < 1.29 is 19.0 Å². The average molecular weight is 280 g/mol. The molecule has 1 spiro atoms. The van der Waals surface area contributed by atoms with Gasteiger partial charge in [0.05, 0.1) is 6.61 Å². The maximum Gasteiger partial charge on any atom is 0.330 e. The van der Waals surface area contributed by atoms with Gasteiger partial charge in [-0.25, -0.2) is 4.79 Å². The first-order valence-electron chi connectivity index (χ1n) is 7.52. The Hall–Kier alpha value is -1.13. The van der Waals surface area contributed by atoms with E-state index < -0.39 is 5.79 Å². The lowest BCUT2D eigenvalue weighted by Gasteiger charge is -2.31. The lowest BCUT2D eigenvalue weighted by Crippen LogP contribution is -2.33. The Morgan fingerprint density at radius 2 is 1.85 bits per heavy atom. The number of hydrogen-bond donors (Lipinski definition) is 0. The molecule has 0 unspecified atom stereocenters. The van der Waals surface area contributed by atoms with Crippen LogP contribution in [0.2, 0.25) is 0 Å². The quantitative estimate of drug-likeness (QED) is 0.451. The zero-order valence-corrected chi connectivity index (χ0v) is 12.3. The van der Waals surface area contributed by atoms with E-state index in [9.17, 15) is 4.79 Å². The molecule has 2 aliphatic rings. The molecule has 1 aliphatic carbocycles. The van der Waals surface area contributed by atoms with Crippen LogP contribution in [-0.4, -0.2) is 30.6 Å². The topological polar surface area (TPSA) is 44.8 Å². The lowest BCUT2D eigenvalue weighted by molar-refractivity contribution is -0.188. The highest BCUT2D eigenvalue weighted by Gasteiger charge is 2.46. The maximum absolute atomic E-state index is 11.4. The second-order valence-corrected chi connectivity index (χ2v) is 5.27. The first-order valence-corrected chi connectivity index (χ1v) is 7.52. The molecule has 0 bridgehead atoms. The van der Waals surface area contributed by atoms with Crippen molar-refractivity contribution in [1.29, 1.82) is 0 Å². The van der Waals surface area contributed by atoms with E-state index in [1.54, 1.807) is 13.0 Å². The highest BCUT2D eigenvalue weighted by atomic mass is 16.8. The Bertz CT molecular complexity index is 380. The smallest absolute Gasteiger partial charge is 0.330 e. The number of rotatable bonds is 4. The van der Waals surface area contributed by atoms with E-state index in [0.29, 0.717) is 6.61 Å². The minimum atomic E-state index is -0.452. The van der Waals surface area contributed by atoms with E-state index in [1.807, 2.05) is 19.1 Å². The molecule has 2 fully saturated rings. The first-order chi connectivity index (χ1) is 9.69. The summed E-state index contributed by atoms with van der Waals surface area (Å²) in [6.45, 7) is 4.13. The van der Waals surface area contributed by atoms with Gasteiger partial charge in [0.15, 0.2) is 5.79 Å². The van der Waals surface area contributed by atoms with Gasteiger partial charge in [-0.3, -0.25) is 0 Å². The summed E-state index contributed by atoms with van der Waals surface area (Å²) >= 11 is 0. The normalized spacial score (nSPS) is 29.5. The molecule has 4 heteroatoms. The van der Waals surface area contributed by atoms with Crippen LogP contribution < -0.4 is 0 Å². The summed E-state index contributed by atoms with van der Waals surface area (Å²) < 4.78 is 17.1. The zero-order valence-electron chi connectivity index (χ0n) is 12.3. The van der Waals surface area contributed by atoms with Crippen molar-refractivity contribution >= 4 is 5.97 Å². The Labute approximate surface area is 120 Å². The maximum atomic E-state index is 11.4. The number of allylic oxidation sites excluding steroid dienone is 1. The fraction of sp³-hybridized carbons (Fsp3) is 0.688. The molecule has 1 heterocycles. The van der Waals surface area contributed by atoms with Crippen LogP contribution in [0.3, 0.4) is 0 Å². The fourth-order valence-electron chi connectivity index (χ4n) is 2.84. The monoisotopic (exact) mass is 280 g/mol. The summed E-state index contributed by atoms with van der Waals surface area (Å²) in [7, 11) is 0. The Kier molecular flexibility index (Phi) is 5.38. The minimum Gasteiger partial charge on any atom is -0.463 e. The van der Waals surface area contributed by atoms with Crippen molar-refractivity contribution in [1.82, 2.24) is 0 Å². The third kappa shape index (κ3) is 3.70. The predicted octanol–water partition coefficient (Wildman–Crippen LogP) is 3.13. The van der Waals surface area contributed by atoms with E-state index in [1.165, 1.54) is 12.5 Å². The second kappa shape index (κ2) is 7.04. The van der Waals surface area contributed by atoms with Crippen LogP contribution in [0.1, 0.15) is 46.0 Å². The van der Waals surface area contributed by atoms with E-state index in [4.69, 9.17) is 14.2 Å². The van der Waals surface area contributed by atoms with E-state index in [2.05, 4.69) is 0 Å². The molecule has 112 valence electrons. The van der Waals surface area contributed by atoms with Crippen molar-refractivity contribution in [2.75, 3.05) is 6.61 Å². The van der Waals surface area contributed by atoms with Gasteiger partial charge < -0.3 is 14.2 Å². The average Bonchev–Trinajstić information content (AvgIpc) is 2.76. The van der Waals surface area contributed by atoms with Gasteiger partial charge in [0, 0.05) is 18.9 Å². The summed E-state index contributed by atoms with van der Waals surface area (Å²) in [5.41, 5.74) is 0. The Morgan fingerprint density at radius 1 is 1.20 bits per heavy atom. The lowest BCUT2D eigenvalue weighted by atomic mass is 9.94. The van der Waals surface area contributed by atoms with E-state index in [0.717, 1.165) is 25.7 Å². The van der Waals surface area contributed by atoms with Gasteiger partial charge in [-0.2, -0.15) is 0 Å². The van der Waals surface area contributed by atoms with Crippen LogP contribution in [0, 0.1) is 0 Å². The minimum absolute atomic E-state index is 0.122. The van der Waals surface area contributed by atoms with Gasteiger partial charge in [-0.15, -0.1) is 0 Å². The molecule has 2 atom stereocenters. The molecule has 1 saturated carbocycles. The molecular formula is C16H24O4. The number of hydrogen-bond acceptors (Lipinski definition) is 4. The molecule has 2 rings (SSSR count). The number of carbonyl (C=O) groups is 1. The van der Waals surface area contributed by atoms with Gasteiger partial charge in [0.2, 0.25) is 0 Å². The molecule has 20 heavy (non-hydrogen) atoms. The summed E-state index contributed by atoms with van der Waals surface area (Å²) in [6.07, 6.45) is 12.2. The van der Waals surface area contributed by atoms with Crippen molar-refractivity contribution in [2.45, 2.75) is 63.9 Å². The summed E-state index contributed by atoms with van der Waals surface area (Å²) in [6, 6.07) is 0. The predicted molar refractivity (Wildman–Crippen MR) is 76.1 cm³/mol. The summed E-state index contributed by atoms with van der Waals surface area (Å²) in [4.78, 5) is 11.4. The largest absolute Gasteiger partial charge is 0.463 e. The zero-order chi connectivity index (χ0) is 14.4. The standard InChI is InChI=1S/C16H24O4/c1-3-8-13-14(9-10-15(17)18-4-2)20-16(19-13)11-6-5-7-12-16/h3,8-10,13-14H,4-7,11-12H2,1-2H3/b8-3+,10-9+/t13-,14-/m0/s1. The third-order valence-electron chi connectivity index (χ3n) is 3.73. The molecule has 0 aromatic heterocycles. The molecule has 0 amide bonds. The van der Waals surface area contributed by atoms with Crippen molar-refractivity contribution in [3.05, 3.63) is 24.3 Å². The van der Waals surface area contributed by atoms with Crippen LogP contribution >= 0.6 is 0 Å². The molecule has 0 aromatic carbocycles. The molecule has 0 radical (unpaired) electrons. The Balaban J connectivity index is 2.03. The third-order valence-corrected chi connectivity index (χ3v) is 3.73. The molecule has 0 N–H and O–H groups in total. The van der Waals surface area contributed by atoms with Crippen LogP contribution in [0.15, 0.2) is 24.3 Å². The molecular weight excluding hydrogens is 256 g/mol. The second-order valence-electron chi connectivity index (χ2n) is 5.27. The van der Waals surface area contributed by atoms with Crippen LogP contribution in [-0.2, 0) is 19.0 Å². The highest BCUT2D eigenvalue weighted by molar-refractivity contribution is 5.82.